The Labute approximate surface area is 102 Å². The Kier molecular flexibility index (Phi) is 3.71. The molecule has 0 radical (unpaired) electrons. The highest BCUT2D eigenvalue weighted by Crippen LogP contribution is 2.02. The van der Waals surface area contributed by atoms with Gasteiger partial charge < -0.3 is 0 Å². The van der Waals surface area contributed by atoms with Crippen LogP contribution >= 0.6 is 11.6 Å². The lowest BCUT2D eigenvalue weighted by atomic mass is 10.3. The van der Waals surface area contributed by atoms with Gasteiger partial charge in [0.25, 0.3) is 0 Å². The molecular formula is C9H11ClN6O. The number of halogens is 1. The molecule has 0 aliphatic heterocycles. The number of nitrogens with zero attached hydrogens (tertiary/aromatic N) is 4. The third kappa shape index (κ3) is 3.04. The Bertz CT molecular complexity index is 513. The molecule has 0 fully saturated rings. The fourth-order valence-electron chi connectivity index (χ4n) is 1.22. The van der Waals surface area contributed by atoms with Gasteiger partial charge in [0, 0.05) is 12.3 Å². The topological polar surface area (TPSA) is 84.2 Å². The molecule has 7 nitrogen and oxygen atoms in total. The Morgan fingerprint density at radius 1 is 1.47 bits per heavy atom. The monoisotopic (exact) mass is 254 g/mol. The molecular weight excluding hydrogens is 244 g/mol. The number of nitrogens with one attached hydrogen (secondary N) is 2. The van der Waals surface area contributed by atoms with E-state index in [-0.39, 0.29) is 5.91 Å². The van der Waals surface area contributed by atoms with Gasteiger partial charge in [-0.15, -0.1) is 26.9 Å². The number of hydrazine groups is 1. The van der Waals surface area contributed by atoms with Crippen LogP contribution in [0, 0.1) is 0 Å². The number of fused-ring (bicyclic) bond motifs is 1. The second-order valence-corrected chi connectivity index (χ2v) is 3.70. The number of hydrogen-bond acceptors (Lipinski definition) is 5. The lowest BCUT2D eigenvalue weighted by Gasteiger charge is -2.06. The van der Waals surface area contributed by atoms with Crippen LogP contribution in [0.15, 0.2) is 18.5 Å². The quantitative estimate of drug-likeness (QED) is 0.603. The number of rotatable bonds is 5. The fourth-order valence-corrected chi connectivity index (χ4v) is 1.35. The van der Waals surface area contributed by atoms with E-state index in [1.54, 1.807) is 12.1 Å². The van der Waals surface area contributed by atoms with E-state index in [2.05, 4.69) is 26.1 Å². The maximum absolute atomic E-state index is 11.3. The molecule has 2 rings (SSSR count). The molecule has 0 bridgehead atoms. The zero-order chi connectivity index (χ0) is 12.1. The van der Waals surface area contributed by atoms with E-state index in [0.717, 1.165) is 0 Å². The van der Waals surface area contributed by atoms with Crippen LogP contribution in [0.25, 0.3) is 5.65 Å². The molecule has 17 heavy (non-hydrogen) atoms. The molecule has 0 aliphatic rings. The fraction of sp³-hybridized carbons (Fsp3) is 0.333. The predicted molar refractivity (Wildman–Crippen MR) is 62.5 cm³/mol. The van der Waals surface area contributed by atoms with Crippen molar-refractivity contribution in [2.24, 2.45) is 0 Å². The van der Waals surface area contributed by atoms with Gasteiger partial charge >= 0.3 is 0 Å². The number of aromatic nitrogens is 4. The van der Waals surface area contributed by atoms with E-state index in [4.69, 9.17) is 11.6 Å². The van der Waals surface area contributed by atoms with Crippen molar-refractivity contribution < 1.29 is 4.79 Å². The smallest absolute Gasteiger partial charge is 0.238 e. The van der Waals surface area contributed by atoms with Crippen LogP contribution in [0.1, 0.15) is 12.8 Å². The summed E-state index contributed by atoms with van der Waals surface area (Å²) >= 11 is 5.49. The Hall–Kier alpha value is -1.89. The third-order valence-corrected chi connectivity index (χ3v) is 2.30. The Balaban J connectivity index is 1.92. The molecule has 8 heteroatoms. The highest BCUT2D eigenvalue weighted by atomic mass is 35.5. The first-order chi connectivity index (χ1) is 8.29. The van der Waals surface area contributed by atoms with Crippen LogP contribution in [0.2, 0.25) is 0 Å². The molecule has 1 amide bonds. The van der Waals surface area contributed by atoms with Crippen molar-refractivity contribution in [1.29, 1.82) is 0 Å². The van der Waals surface area contributed by atoms with E-state index in [9.17, 15) is 4.79 Å². The van der Waals surface area contributed by atoms with E-state index >= 15 is 0 Å². The number of carbonyl (C=O) groups is 1. The predicted octanol–water partition coefficient (Wildman–Crippen LogP) is 0.586. The molecule has 90 valence electrons. The van der Waals surface area contributed by atoms with E-state index < -0.39 is 0 Å². The minimum Gasteiger partial charge on any atom is -0.280 e. The molecule has 2 aromatic rings. The van der Waals surface area contributed by atoms with Crippen molar-refractivity contribution in [1.82, 2.24) is 25.2 Å². The van der Waals surface area contributed by atoms with Crippen LogP contribution in [-0.2, 0) is 4.79 Å². The van der Waals surface area contributed by atoms with Gasteiger partial charge in [0.2, 0.25) is 5.91 Å². The summed E-state index contributed by atoms with van der Waals surface area (Å²) < 4.78 is 1.51. The van der Waals surface area contributed by atoms with Gasteiger partial charge in [-0.3, -0.25) is 15.6 Å². The Morgan fingerprint density at radius 2 is 2.35 bits per heavy atom. The summed E-state index contributed by atoms with van der Waals surface area (Å²) in [6.07, 6.45) is 2.51. The molecule has 0 aromatic carbocycles. The largest absolute Gasteiger partial charge is 0.280 e. The number of amides is 1. The molecule has 2 aromatic heterocycles. The highest BCUT2D eigenvalue weighted by molar-refractivity contribution is 6.17. The molecule has 2 heterocycles. The highest BCUT2D eigenvalue weighted by Gasteiger charge is 2.02. The second kappa shape index (κ2) is 5.44. The minimum atomic E-state index is -0.128. The first kappa shape index (κ1) is 11.6. The Morgan fingerprint density at radius 3 is 3.18 bits per heavy atom. The molecule has 0 saturated carbocycles. The second-order valence-electron chi connectivity index (χ2n) is 3.32. The van der Waals surface area contributed by atoms with E-state index in [1.165, 1.54) is 10.8 Å². The summed E-state index contributed by atoms with van der Waals surface area (Å²) in [5.74, 6) is 0.853. The van der Waals surface area contributed by atoms with Crippen molar-refractivity contribution in [2.45, 2.75) is 12.8 Å². The summed E-state index contributed by atoms with van der Waals surface area (Å²) in [4.78, 5) is 11.3. The summed E-state index contributed by atoms with van der Waals surface area (Å²) in [6, 6.07) is 3.44. The molecule has 0 spiro atoms. The number of alkyl halides is 1. The molecule has 2 N–H and O–H groups in total. The normalized spacial score (nSPS) is 10.4. The number of hydrogen-bond donors (Lipinski definition) is 2. The van der Waals surface area contributed by atoms with Crippen LogP contribution in [0.5, 0.6) is 0 Å². The van der Waals surface area contributed by atoms with Gasteiger partial charge in [-0.1, -0.05) is 0 Å². The van der Waals surface area contributed by atoms with E-state index in [1.807, 2.05) is 0 Å². The molecule has 0 aliphatic carbocycles. The zero-order valence-corrected chi connectivity index (χ0v) is 9.68. The number of carbonyl (C=O) groups excluding carboxylic acids is 1. The van der Waals surface area contributed by atoms with Gasteiger partial charge in [0.05, 0.1) is 0 Å². The van der Waals surface area contributed by atoms with Crippen LogP contribution < -0.4 is 10.9 Å². The lowest BCUT2D eigenvalue weighted by Crippen LogP contribution is -2.29. The third-order valence-electron chi connectivity index (χ3n) is 2.03. The van der Waals surface area contributed by atoms with Gasteiger partial charge in [0.15, 0.2) is 11.5 Å². The van der Waals surface area contributed by atoms with Gasteiger partial charge in [-0.25, -0.2) is 0 Å². The average molecular weight is 255 g/mol. The van der Waals surface area contributed by atoms with Gasteiger partial charge in [-0.2, -0.15) is 4.52 Å². The van der Waals surface area contributed by atoms with Crippen molar-refractivity contribution in [3.05, 3.63) is 18.5 Å². The van der Waals surface area contributed by atoms with Crippen LogP contribution in [0.4, 0.5) is 5.82 Å². The SMILES string of the molecule is O=C(CCCCl)NNc1ccc2nncn2n1. The van der Waals surface area contributed by atoms with Gasteiger partial charge in [0.1, 0.15) is 6.33 Å². The molecule has 0 unspecified atom stereocenters. The summed E-state index contributed by atoms with van der Waals surface area (Å²) in [5.41, 5.74) is 5.87. The molecule has 0 atom stereocenters. The van der Waals surface area contributed by atoms with Crippen molar-refractivity contribution in [2.75, 3.05) is 11.3 Å². The van der Waals surface area contributed by atoms with E-state index in [0.29, 0.717) is 30.2 Å². The number of anilines is 1. The maximum Gasteiger partial charge on any atom is 0.238 e. The summed E-state index contributed by atoms with van der Waals surface area (Å²) in [7, 11) is 0. The van der Waals surface area contributed by atoms with Crippen molar-refractivity contribution in [3.63, 3.8) is 0 Å². The summed E-state index contributed by atoms with van der Waals surface area (Å²) in [6.45, 7) is 0. The zero-order valence-electron chi connectivity index (χ0n) is 8.93. The maximum atomic E-state index is 11.3. The first-order valence-corrected chi connectivity index (χ1v) is 5.61. The molecule has 0 saturated heterocycles. The van der Waals surface area contributed by atoms with Crippen LogP contribution in [0.3, 0.4) is 0 Å². The van der Waals surface area contributed by atoms with Gasteiger partial charge in [-0.05, 0) is 18.6 Å². The minimum absolute atomic E-state index is 0.128. The van der Waals surface area contributed by atoms with Crippen molar-refractivity contribution >= 4 is 29.0 Å². The summed E-state index contributed by atoms with van der Waals surface area (Å²) in [5, 5.41) is 11.6. The first-order valence-electron chi connectivity index (χ1n) is 5.07. The van der Waals surface area contributed by atoms with Crippen LogP contribution in [-0.4, -0.2) is 31.6 Å². The average Bonchev–Trinajstić information content (AvgIpc) is 2.81. The lowest BCUT2D eigenvalue weighted by molar-refractivity contribution is -0.120. The standard InChI is InChI=1S/C9H11ClN6O/c10-5-1-2-9(17)14-12-7-3-4-8-13-11-6-16(8)15-7/h3-4,6H,1-2,5H2,(H,12,15)(H,14,17). The van der Waals surface area contributed by atoms with Crippen molar-refractivity contribution in [3.8, 4) is 0 Å².